The zero-order chi connectivity index (χ0) is 9.90. The Hall–Kier alpha value is -0.830. The first-order chi connectivity index (χ1) is 6.03. The van der Waals surface area contributed by atoms with Gasteiger partial charge in [0, 0.05) is 19.9 Å². The van der Waals surface area contributed by atoms with Crippen molar-refractivity contribution in [1.82, 2.24) is 9.78 Å². The van der Waals surface area contributed by atoms with Crippen molar-refractivity contribution < 1.29 is 4.74 Å². The maximum atomic E-state index is 5.33. The van der Waals surface area contributed by atoms with E-state index in [2.05, 4.69) is 18.9 Å². The van der Waals surface area contributed by atoms with Crippen LogP contribution in [0.3, 0.4) is 0 Å². The van der Waals surface area contributed by atoms with Gasteiger partial charge in [0.15, 0.2) is 0 Å². The van der Waals surface area contributed by atoms with Crippen molar-refractivity contribution in [2.24, 2.45) is 0 Å². The van der Waals surface area contributed by atoms with E-state index in [1.165, 1.54) is 0 Å². The number of methoxy groups -OCH3 is 1. The molecule has 3 nitrogen and oxygen atoms in total. The normalized spacial score (nSPS) is 12.0. The molecule has 1 rings (SSSR count). The summed E-state index contributed by atoms with van der Waals surface area (Å²) in [5, 5.41) is 4.31. The summed E-state index contributed by atoms with van der Waals surface area (Å²) in [7, 11) is 1.74. The summed E-state index contributed by atoms with van der Waals surface area (Å²) in [6.45, 7) is 7.08. The molecular formula is C10H18N2O. The molecule has 0 unspecified atom stereocenters. The molecule has 1 aromatic heterocycles. The van der Waals surface area contributed by atoms with E-state index >= 15 is 0 Å². The maximum Gasteiger partial charge on any atom is 0.0640 e. The molecule has 13 heavy (non-hydrogen) atoms. The van der Waals surface area contributed by atoms with Crippen LogP contribution in [0, 0.1) is 6.92 Å². The molecule has 0 radical (unpaired) electrons. The Balaban J connectivity index is 2.43. The number of aryl methyl sites for hydroxylation is 2. The number of rotatable bonds is 4. The van der Waals surface area contributed by atoms with E-state index in [0.717, 1.165) is 18.7 Å². The van der Waals surface area contributed by atoms with E-state index in [0.29, 0.717) is 0 Å². The van der Waals surface area contributed by atoms with Gasteiger partial charge >= 0.3 is 0 Å². The van der Waals surface area contributed by atoms with Gasteiger partial charge in [-0.25, -0.2) is 0 Å². The first-order valence-electron chi connectivity index (χ1n) is 4.59. The van der Waals surface area contributed by atoms with Crippen molar-refractivity contribution in [2.75, 3.05) is 7.11 Å². The Morgan fingerprint density at radius 2 is 2.23 bits per heavy atom. The molecule has 0 saturated heterocycles. The van der Waals surface area contributed by atoms with Crippen LogP contribution in [0.2, 0.25) is 0 Å². The van der Waals surface area contributed by atoms with Crippen molar-refractivity contribution in [3.63, 3.8) is 0 Å². The summed E-state index contributed by atoms with van der Waals surface area (Å²) in [5.41, 5.74) is 1.01. The molecule has 0 aliphatic carbocycles. The highest BCUT2D eigenvalue weighted by Gasteiger charge is 2.15. The molecule has 0 spiro atoms. The molecule has 1 heterocycles. The molecule has 0 aromatic carbocycles. The van der Waals surface area contributed by atoms with Gasteiger partial charge < -0.3 is 4.74 Å². The van der Waals surface area contributed by atoms with Gasteiger partial charge in [0.1, 0.15) is 0 Å². The lowest BCUT2D eigenvalue weighted by Crippen LogP contribution is -2.24. The Bertz CT molecular complexity index is 266. The van der Waals surface area contributed by atoms with Gasteiger partial charge in [0.2, 0.25) is 0 Å². The number of aromatic nitrogens is 2. The molecule has 1 aromatic rings. The fourth-order valence-electron chi connectivity index (χ4n) is 1.07. The molecule has 0 amide bonds. The minimum atomic E-state index is -0.0557. The van der Waals surface area contributed by atoms with Crippen LogP contribution in [0.5, 0.6) is 0 Å². The van der Waals surface area contributed by atoms with E-state index < -0.39 is 0 Å². The van der Waals surface area contributed by atoms with Crippen LogP contribution in [0.1, 0.15) is 26.0 Å². The second-order valence-corrected chi connectivity index (χ2v) is 3.93. The van der Waals surface area contributed by atoms with Crippen LogP contribution in [-0.2, 0) is 11.3 Å². The Morgan fingerprint density at radius 1 is 1.54 bits per heavy atom. The monoisotopic (exact) mass is 182 g/mol. The topological polar surface area (TPSA) is 27.1 Å². The van der Waals surface area contributed by atoms with Crippen molar-refractivity contribution in [1.29, 1.82) is 0 Å². The summed E-state index contributed by atoms with van der Waals surface area (Å²) in [6, 6.07) is 2.01. The van der Waals surface area contributed by atoms with Crippen molar-refractivity contribution in [2.45, 2.75) is 39.3 Å². The van der Waals surface area contributed by atoms with E-state index in [1.807, 2.05) is 23.9 Å². The largest absolute Gasteiger partial charge is 0.379 e. The highest BCUT2D eigenvalue weighted by molar-refractivity contribution is 4.94. The second-order valence-electron chi connectivity index (χ2n) is 3.93. The van der Waals surface area contributed by atoms with Crippen LogP contribution in [0.25, 0.3) is 0 Å². The van der Waals surface area contributed by atoms with Crippen molar-refractivity contribution in [3.8, 4) is 0 Å². The zero-order valence-corrected chi connectivity index (χ0v) is 8.87. The molecule has 0 N–H and O–H groups in total. The van der Waals surface area contributed by atoms with E-state index in [-0.39, 0.29) is 5.60 Å². The second kappa shape index (κ2) is 3.92. The third kappa shape index (κ3) is 3.19. The van der Waals surface area contributed by atoms with Gasteiger partial charge in [-0.05, 0) is 33.3 Å². The minimum absolute atomic E-state index is 0.0557. The first-order valence-corrected chi connectivity index (χ1v) is 4.59. The maximum absolute atomic E-state index is 5.33. The number of hydrogen-bond acceptors (Lipinski definition) is 2. The SMILES string of the molecule is COC(C)(C)CCn1ccc(C)n1. The Labute approximate surface area is 79.7 Å². The summed E-state index contributed by atoms with van der Waals surface area (Å²) < 4.78 is 7.28. The van der Waals surface area contributed by atoms with Gasteiger partial charge in [-0.1, -0.05) is 0 Å². The van der Waals surface area contributed by atoms with Crippen molar-refractivity contribution >= 4 is 0 Å². The average Bonchev–Trinajstić information content (AvgIpc) is 2.48. The molecule has 0 aliphatic rings. The molecule has 0 fully saturated rings. The third-order valence-electron chi connectivity index (χ3n) is 2.27. The smallest absolute Gasteiger partial charge is 0.0640 e. The molecule has 0 saturated carbocycles. The lowest BCUT2D eigenvalue weighted by Gasteiger charge is -2.22. The quantitative estimate of drug-likeness (QED) is 0.712. The highest BCUT2D eigenvalue weighted by Crippen LogP contribution is 2.13. The van der Waals surface area contributed by atoms with Crippen LogP contribution in [0.4, 0.5) is 0 Å². The molecule has 3 heteroatoms. The number of hydrogen-bond donors (Lipinski definition) is 0. The Morgan fingerprint density at radius 3 is 2.69 bits per heavy atom. The van der Waals surface area contributed by atoms with Gasteiger partial charge in [-0.15, -0.1) is 0 Å². The van der Waals surface area contributed by atoms with Crippen molar-refractivity contribution in [3.05, 3.63) is 18.0 Å². The lowest BCUT2D eigenvalue weighted by molar-refractivity contribution is 0.0113. The molecule has 0 bridgehead atoms. The molecule has 0 aliphatic heterocycles. The highest BCUT2D eigenvalue weighted by atomic mass is 16.5. The van der Waals surface area contributed by atoms with Gasteiger partial charge in [0.25, 0.3) is 0 Å². The Kier molecular flexibility index (Phi) is 3.09. The van der Waals surface area contributed by atoms with E-state index in [4.69, 9.17) is 4.74 Å². The predicted molar refractivity (Wildman–Crippen MR) is 52.7 cm³/mol. The molecular weight excluding hydrogens is 164 g/mol. The summed E-state index contributed by atoms with van der Waals surface area (Å²) in [4.78, 5) is 0. The molecule has 0 atom stereocenters. The van der Waals surface area contributed by atoms with Crippen LogP contribution in [0.15, 0.2) is 12.3 Å². The predicted octanol–water partition coefficient (Wildman–Crippen LogP) is 2.01. The minimum Gasteiger partial charge on any atom is -0.379 e. The fourth-order valence-corrected chi connectivity index (χ4v) is 1.07. The first kappa shape index (κ1) is 10.3. The summed E-state index contributed by atoms with van der Waals surface area (Å²) in [5.74, 6) is 0. The lowest BCUT2D eigenvalue weighted by atomic mass is 10.1. The van der Waals surface area contributed by atoms with Gasteiger partial charge in [-0.2, -0.15) is 5.10 Å². The van der Waals surface area contributed by atoms with Crippen LogP contribution < -0.4 is 0 Å². The average molecular weight is 182 g/mol. The van der Waals surface area contributed by atoms with E-state index in [9.17, 15) is 0 Å². The van der Waals surface area contributed by atoms with Crippen LogP contribution in [-0.4, -0.2) is 22.5 Å². The third-order valence-corrected chi connectivity index (χ3v) is 2.27. The van der Waals surface area contributed by atoms with Gasteiger partial charge in [0.05, 0.1) is 11.3 Å². The van der Waals surface area contributed by atoms with Gasteiger partial charge in [-0.3, -0.25) is 4.68 Å². The standard InChI is InChI=1S/C10H18N2O/c1-9-5-7-12(11-9)8-6-10(2,3)13-4/h5,7H,6,8H2,1-4H3. The van der Waals surface area contributed by atoms with E-state index in [1.54, 1.807) is 7.11 Å². The fraction of sp³-hybridized carbons (Fsp3) is 0.700. The molecule has 74 valence electrons. The summed E-state index contributed by atoms with van der Waals surface area (Å²) >= 11 is 0. The number of ether oxygens (including phenoxy) is 1. The van der Waals surface area contributed by atoms with Crippen LogP contribution >= 0.6 is 0 Å². The zero-order valence-electron chi connectivity index (χ0n) is 8.87. The summed E-state index contributed by atoms with van der Waals surface area (Å²) in [6.07, 6.45) is 2.98. The number of nitrogens with zero attached hydrogens (tertiary/aromatic N) is 2.